The zero-order valence-corrected chi connectivity index (χ0v) is 14.2. The molecule has 0 saturated carbocycles. The summed E-state index contributed by atoms with van der Waals surface area (Å²) in [5.74, 6) is 0. The van der Waals surface area contributed by atoms with Gasteiger partial charge in [0.25, 0.3) is 0 Å². The molecular formula is C21H19N3O. The average Bonchev–Trinajstić information content (AvgIpc) is 3.02. The Kier molecular flexibility index (Phi) is 3.73. The number of aryl methyl sites for hydroxylation is 1. The molecule has 1 atom stereocenters. The van der Waals surface area contributed by atoms with Crippen molar-refractivity contribution in [2.24, 2.45) is 0 Å². The van der Waals surface area contributed by atoms with Gasteiger partial charge >= 0.3 is 0 Å². The highest BCUT2D eigenvalue weighted by molar-refractivity contribution is 6.19. The van der Waals surface area contributed by atoms with Gasteiger partial charge in [0, 0.05) is 40.1 Å². The first-order valence-corrected chi connectivity index (χ1v) is 8.35. The lowest BCUT2D eigenvalue weighted by Crippen LogP contribution is -2.21. The van der Waals surface area contributed by atoms with Gasteiger partial charge in [0.05, 0.1) is 5.52 Å². The van der Waals surface area contributed by atoms with Crippen LogP contribution in [-0.4, -0.2) is 22.4 Å². The third kappa shape index (κ3) is 2.47. The molecule has 2 heterocycles. The number of rotatable bonds is 4. The molecule has 2 aromatic carbocycles. The molecule has 0 fully saturated rings. The molecule has 1 unspecified atom stereocenters. The molecular weight excluding hydrogens is 310 g/mol. The number of aromatic amines is 1. The maximum Gasteiger partial charge on any atom is 0.207 e. The fourth-order valence-electron chi connectivity index (χ4n) is 3.48. The Hall–Kier alpha value is -3.14. The third-order valence-corrected chi connectivity index (χ3v) is 4.75. The molecule has 0 radical (unpaired) electrons. The number of carbonyl (C=O) groups is 1. The van der Waals surface area contributed by atoms with Gasteiger partial charge in [-0.2, -0.15) is 0 Å². The predicted octanol–water partition coefficient (Wildman–Crippen LogP) is 4.33. The number of nitrogens with one attached hydrogen (secondary N) is 2. The highest BCUT2D eigenvalue weighted by Crippen LogP contribution is 2.37. The second-order valence-corrected chi connectivity index (χ2v) is 6.31. The minimum absolute atomic E-state index is 0.0363. The van der Waals surface area contributed by atoms with Crippen molar-refractivity contribution in [1.82, 2.24) is 15.3 Å². The van der Waals surface area contributed by atoms with E-state index in [1.54, 1.807) is 0 Å². The van der Waals surface area contributed by atoms with Gasteiger partial charge in [0.15, 0.2) is 0 Å². The second kappa shape index (κ2) is 6.06. The van der Waals surface area contributed by atoms with E-state index in [1.807, 2.05) is 31.5 Å². The molecule has 0 aliphatic rings. The SMILES string of the molecule is Cc1c2ccncc2c(/C=C/C(C)NC=O)c2c1[nH]c1ccccc12. The Bertz CT molecular complexity index is 1120. The monoisotopic (exact) mass is 329 g/mol. The van der Waals surface area contributed by atoms with Crippen molar-refractivity contribution >= 4 is 45.1 Å². The highest BCUT2D eigenvalue weighted by atomic mass is 16.1. The zero-order chi connectivity index (χ0) is 17.4. The van der Waals surface area contributed by atoms with Gasteiger partial charge in [-0.15, -0.1) is 0 Å². The quantitative estimate of drug-likeness (QED) is 0.548. The summed E-state index contributed by atoms with van der Waals surface area (Å²) in [4.78, 5) is 18.6. The molecule has 4 rings (SSSR count). The largest absolute Gasteiger partial charge is 0.354 e. The van der Waals surface area contributed by atoms with E-state index in [0.717, 1.165) is 28.4 Å². The van der Waals surface area contributed by atoms with E-state index in [9.17, 15) is 4.79 Å². The number of hydrogen-bond donors (Lipinski definition) is 2. The van der Waals surface area contributed by atoms with E-state index < -0.39 is 0 Å². The minimum atomic E-state index is -0.0363. The normalized spacial score (nSPS) is 13.0. The first-order valence-electron chi connectivity index (χ1n) is 8.35. The van der Waals surface area contributed by atoms with Crippen LogP contribution in [-0.2, 0) is 4.79 Å². The number of H-pyrrole nitrogens is 1. The smallest absolute Gasteiger partial charge is 0.207 e. The van der Waals surface area contributed by atoms with Crippen LogP contribution in [0.25, 0.3) is 38.7 Å². The molecule has 25 heavy (non-hydrogen) atoms. The Morgan fingerprint density at radius 1 is 1.16 bits per heavy atom. The lowest BCUT2D eigenvalue weighted by molar-refractivity contribution is -0.109. The van der Waals surface area contributed by atoms with E-state index in [1.165, 1.54) is 21.7 Å². The van der Waals surface area contributed by atoms with Crippen LogP contribution in [0, 0.1) is 6.92 Å². The molecule has 4 nitrogen and oxygen atoms in total. The van der Waals surface area contributed by atoms with Crippen LogP contribution in [0.4, 0.5) is 0 Å². The van der Waals surface area contributed by atoms with Crippen LogP contribution < -0.4 is 5.32 Å². The number of amides is 1. The van der Waals surface area contributed by atoms with Crippen molar-refractivity contribution < 1.29 is 4.79 Å². The summed E-state index contributed by atoms with van der Waals surface area (Å²) in [7, 11) is 0. The van der Waals surface area contributed by atoms with E-state index in [4.69, 9.17) is 0 Å². The molecule has 4 aromatic rings. The highest BCUT2D eigenvalue weighted by Gasteiger charge is 2.14. The summed E-state index contributed by atoms with van der Waals surface area (Å²) in [6, 6.07) is 10.4. The summed E-state index contributed by atoms with van der Waals surface area (Å²) < 4.78 is 0. The van der Waals surface area contributed by atoms with Crippen LogP contribution >= 0.6 is 0 Å². The summed E-state index contributed by atoms with van der Waals surface area (Å²) >= 11 is 0. The molecule has 0 aliphatic carbocycles. The molecule has 124 valence electrons. The maximum atomic E-state index is 10.7. The first kappa shape index (κ1) is 15.4. The molecule has 4 heteroatoms. The molecule has 1 amide bonds. The fraction of sp³-hybridized carbons (Fsp3) is 0.143. The number of para-hydroxylation sites is 1. The maximum absolute atomic E-state index is 10.7. The van der Waals surface area contributed by atoms with Crippen LogP contribution in [0.3, 0.4) is 0 Å². The van der Waals surface area contributed by atoms with Crippen LogP contribution in [0.1, 0.15) is 18.1 Å². The number of benzene rings is 2. The lowest BCUT2D eigenvalue weighted by atomic mass is 9.95. The van der Waals surface area contributed by atoms with E-state index in [-0.39, 0.29) is 6.04 Å². The van der Waals surface area contributed by atoms with E-state index in [2.05, 4.69) is 52.5 Å². The molecule has 0 aliphatic heterocycles. The van der Waals surface area contributed by atoms with E-state index in [0.29, 0.717) is 0 Å². The topological polar surface area (TPSA) is 57.8 Å². The number of hydrogen-bond acceptors (Lipinski definition) is 2. The Balaban J connectivity index is 2.12. The molecule has 0 saturated heterocycles. The standard InChI is InChI=1S/C21H19N3O/c1-13(23-12-25)7-8-16-18-11-22-10-9-15(18)14(2)21-20(16)17-5-3-4-6-19(17)24-21/h3-13,24H,1-2H3,(H,23,25)/b8-7+. The van der Waals surface area contributed by atoms with E-state index >= 15 is 0 Å². The second-order valence-electron chi connectivity index (χ2n) is 6.31. The van der Waals surface area contributed by atoms with Crippen molar-refractivity contribution in [2.75, 3.05) is 0 Å². The van der Waals surface area contributed by atoms with Crippen LogP contribution in [0.2, 0.25) is 0 Å². The van der Waals surface area contributed by atoms with Crippen LogP contribution in [0.15, 0.2) is 48.8 Å². The van der Waals surface area contributed by atoms with Gasteiger partial charge in [0.2, 0.25) is 6.41 Å². The summed E-state index contributed by atoms with van der Waals surface area (Å²) in [5.41, 5.74) is 4.62. The fourth-order valence-corrected chi connectivity index (χ4v) is 3.48. The molecule has 0 bridgehead atoms. The van der Waals surface area contributed by atoms with Crippen molar-refractivity contribution in [2.45, 2.75) is 19.9 Å². The van der Waals surface area contributed by atoms with Gasteiger partial charge in [-0.3, -0.25) is 9.78 Å². The number of pyridine rings is 1. The van der Waals surface area contributed by atoms with Gasteiger partial charge in [0.1, 0.15) is 0 Å². The average molecular weight is 329 g/mol. The van der Waals surface area contributed by atoms with Gasteiger partial charge in [-0.25, -0.2) is 0 Å². The summed E-state index contributed by atoms with van der Waals surface area (Å²) in [5, 5.41) is 7.46. The van der Waals surface area contributed by atoms with Crippen molar-refractivity contribution in [3.63, 3.8) is 0 Å². The first-order chi connectivity index (χ1) is 12.2. The van der Waals surface area contributed by atoms with Gasteiger partial charge in [-0.05, 0) is 42.5 Å². The Morgan fingerprint density at radius 2 is 2.00 bits per heavy atom. The third-order valence-electron chi connectivity index (χ3n) is 4.75. The van der Waals surface area contributed by atoms with Crippen molar-refractivity contribution in [3.05, 3.63) is 59.9 Å². The molecule has 2 aromatic heterocycles. The summed E-state index contributed by atoms with van der Waals surface area (Å²) in [6.07, 6.45) is 8.57. The molecule has 2 N–H and O–H groups in total. The number of aromatic nitrogens is 2. The van der Waals surface area contributed by atoms with Crippen molar-refractivity contribution in [3.8, 4) is 0 Å². The predicted molar refractivity (Wildman–Crippen MR) is 104 cm³/mol. The number of fused-ring (bicyclic) bond motifs is 4. The zero-order valence-electron chi connectivity index (χ0n) is 14.2. The summed E-state index contributed by atoms with van der Waals surface area (Å²) in [6.45, 7) is 4.09. The van der Waals surface area contributed by atoms with Crippen molar-refractivity contribution in [1.29, 1.82) is 0 Å². The Morgan fingerprint density at radius 3 is 2.84 bits per heavy atom. The van der Waals surface area contributed by atoms with Gasteiger partial charge < -0.3 is 10.3 Å². The number of carbonyl (C=O) groups excluding carboxylic acids is 1. The Labute approximate surface area is 145 Å². The van der Waals surface area contributed by atoms with Crippen LogP contribution in [0.5, 0.6) is 0 Å². The minimum Gasteiger partial charge on any atom is -0.354 e. The van der Waals surface area contributed by atoms with Gasteiger partial charge in [-0.1, -0.05) is 30.4 Å². The molecule has 0 spiro atoms. The lowest BCUT2D eigenvalue weighted by Gasteiger charge is -2.10. The number of nitrogens with zero attached hydrogens (tertiary/aromatic N) is 1.